The minimum absolute atomic E-state index is 0.0272. The zero-order valence-electron chi connectivity index (χ0n) is 15.1. The number of rotatable bonds is 6. The van der Waals surface area contributed by atoms with Crippen molar-refractivity contribution in [2.24, 2.45) is 0 Å². The molecule has 25 heavy (non-hydrogen) atoms. The summed E-state index contributed by atoms with van der Waals surface area (Å²) in [5.41, 5.74) is 2.96. The number of amides is 1. The van der Waals surface area contributed by atoms with Gasteiger partial charge in [-0.3, -0.25) is 4.79 Å². The Morgan fingerprint density at radius 1 is 1.48 bits per heavy atom. The van der Waals surface area contributed by atoms with Gasteiger partial charge < -0.3 is 19.9 Å². The average Bonchev–Trinajstić information content (AvgIpc) is 3.22. The number of nitrogens with zero attached hydrogens (tertiary/aromatic N) is 2. The second kappa shape index (κ2) is 7.70. The van der Waals surface area contributed by atoms with E-state index in [0.717, 1.165) is 47.9 Å². The number of likely N-dealkylation sites (N-methyl/N-ethyl adjacent to an activating group) is 1. The molecule has 0 saturated carbocycles. The summed E-state index contributed by atoms with van der Waals surface area (Å²) in [5.74, 6) is 2.20. The zero-order valence-corrected chi connectivity index (χ0v) is 15.1. The van der Waals surface area contributed by atoms with Crippen LogP contribution in [0.1, 0.15) is 35.0 Å². The van der Waals surface area contributed by atoms with Crippen LogP contribution in [-0.2, 0) is 17.8 Å². The molecule has 0 aliphatic carbocycles. The summed E-state index contributed by atoms with van der Waals surface area (Å²) in [6.45, 7) is 4.61. The molecule has 0 radical (unpaired) electrons. The third-order valence-corrected chi connectivity index (χ3v) is 4.69. The van der Waals surface area contributed by atoms with E-state index >= 15 is 0 Å². The third kappa shape index (κ3) is 4.39. The Labute approximate surface area is 148 Å². The van der Waals surface area contributed by atoms with Gasteiger partial charge in [-0.25, -0.2) is 4.98 Å². The van der Waals surface area contributed by atoms with Crippen molar-refractivity contribution in [2.75, 3.05) is 27.2 Å². The number of benzene rings is 1. The number of methoxy groups -OCH3 is 1. The van der Waals surface area contributed by atoms with Crippen LogP contribution in [0.15, 0.2) is 24.4 Å². The molecule has 1 amide bonds. The largest absolute Gasteiger partial charge is 0.496 e. The Morgan fingerprint density at radius 3 is 3.04 bits per heavy atom. The highest BCUT2D eigenvalue weighted by atomic mass is 16.5. The molecule has 1 aliphatic rings. The molecule has 1 aromatic heterocycles. The maximum absolute atomic E-state index is 12.3. The summed E-state index contributed by atoms with van der Waals surface area (Å²) in [6.07, 6.45) is 3.25. The van der Waals surface area contributed by atoms with Gasteiger partial charge in [0.2, 0.25) is 5.91 Å². The summed E-state index contributed by atoms with van der Waals surface area (Å²) < 4.78 is 5.33. The van der Waals surface area contributed by atoms with Crippen molar-refractivity contribution in [3.8, 4) is 5.75 Å². The molecular formula is C19H26N4O2. The minimum Gasteiger partial charge on any atom is -0.496 e. The van der Waals surface area contributed by atoms with Gasteiger partial charge in [-0.2, -0.15) is 0 Å². The van der Waals surface area contributed by atoms with Gasteiger partial charge in [0.05, 0.1) is 32.0 Å². The number of imidazole rings is 1. The number of hydrogen-bond acceptors (Lipinski definition) is 4. The lowest BCUT2D eigenvalue weighted by molar-refractivity contribution is -0.120. The van der Waals surface area contributed by atoms with Crippen molar-refractivity contribution in [1.29, 1.82) is 0 Å². The number of hydrogen-bond donors (Lipinski definition) is 2. The number of nitrogens with one attached hydrogen (secondary N) is 2. The van der Waals surface area contributed by atoms with Crippen molar-refractivity contribution in [3.63, 3.8) is 0 Å². The third-order valence-electron chi connectivity index (χ3n) is 4.69. The predicted octanol–water partition coefficient (Wildman–Crippen LogP) is 2.00. The first kappa shape index (κ1) is 17.5. The van der Waals surface area contributed by atoms with Crippen LogP contribution < -0.4 is 10.1 Å². The van der Waals surface area contributed by atoms with E-state index in [2.05, 4.69) is 27.2 Å². The summed E-state index contributed by atoms with van der Waals surface area (Å²) in [4.78, 5) is 22.4. The van der Waals surface area contributed by atoms with Crippen LogP contribution >= 0.6 is 0 Å². The molecule has 1 aliphatic heterocycles. The van der Waals surface area contributed by atoms with Crippen LogP contribution in [0.5, 0.6) is 5.75 Å². The lowest BCUT2D eigenvalue weighted by atomic mass is 10.1. The van der Waals surface area contributed by atoms with Gasteiger partial charge in [0.15, 0.2) is 0 Å². The van der Waals surface area contributed by atoms with E-state index in [1.165, 1.54) is 0 Å². The molecule has 0 bridgehead atoms. The van der Waals surface area contributed by atoms with Crippen molar-refractivity contribution >= 4 is 5.91 Å². The van der Waals surface area contributed by atoms with Crippen LogP contribution in [0, 0.1) is 6.92 Å². The summed E-state index contributed by atoms with van der Waals surface area (Å²) in [5, 5.41) is 2.95. The molecule has 2 N–H and O–H groups in total. The highest BCUT2D eigenvalue weighted by molar-refractivity contribution is 5.79. The molecule has 1 fully saturated rings. The van der Waals surface area contributed by atoms with Gasteiger partial charge in [0, 0.05) is 18.0 Å². The van der Waals surface area contributed by atoms with E-state index in [4.69, 9.17) is 4.74 Å². The van der Waals surface area contributed by atoms with Crippen molar-refractivity contribution in [3.05, 3.63) is 47.0 Å². The number of aromatic nitrogens is 2. The molecule has 1 saturated heterocycles. The van der Waals surface area contributed by atoms with Crippen LogP contribution in [0.4, 0.5) is 0 Å². The number of H-pyrrole nitrogens is 1. The lowest BCUT2D eigenvalue weighted by Gasteiger charge is -2.10. The lowest BCUT2D eigenvalue weighted by Crippen LogP contribution is -2.25. The normalized spacial score (nSPS) is 17.6. The number of ether oxygens (including phenoxy) is 1. The molecule has 1 aromatic carbocycles. The number of aromatic amines is 1. The van der Waals surface area contributed by atoms with E-state index in [9.17, 15) is 4.79 Å². The summed E-state index contributed by atoms with van der Waals surface area (Å²) >= 11 is 0. The molecule has 6 heteroatoms. The smallest absolute Gasteiger partial charge is 0.224 e. The number of carbonyl (C=O) groups is 1. The Balaban J connectivity index is 1.54. The summed E-state index contributed by atoms with van der Waals surface area (Å²) in [6, 6.07) is 5.87. The predicted molar refractivity (Wildman–Crippen MR) is 96.7 cm³/mol. The SMILES string of the molecule is COc1ccc(C)cc1CC(=O)NCc1cnc(C2CCN(C)C2)[nH]1. The topological polar surface area (TPSA) is 70.2 Å². The van der Waals surface area contributed by atoms with E-state index in [1.807, 2.05) is 31.3 Å². The van der Waals surface area contributed by atoms with Crippen LogP contribution in [0.3, 0.4) is 0 Å². The van der Waals surface area contributed by atoms with Crippen LogP contribution in [0.25, 0.3) is 0 Å². The molecule has 0 spiro atoms. The molecule has 2 heterocycles. The Bertz CT molecular complexity index is 741. The van der Waals surface area contributed by atoms with E-state index in [-0.39, 0.29) is 5.91 Å². The molecule has 1 unspecified atom stereocenters. The van der Waals surface area contributed by atoms with Crippen molar-refractivity contribution in [2.45, 2.75) is 32.2 Å². The number of likely N-dealkylation sites (tertiary alicyclic amines) is 1. The van der Waals surface area contributed by atoms with Gasteiger partial charge in [0.1, 0.15) is 11.6 Å². The highest BCUT2D eigenvalue weighted by Gasteiger charge is 2.23. The molecule has 6 nitrogen and oxygen atoms in total. The zero-order chi connectivity index (χ0) is 17.8. The van der Waals surface area contributed by atoms with E-state index in [1.54, 1.807) is 7.11 Å². The molecule has 134 valence electrons. The van der Waals surface area contributed by atoms with Gasteiger partial charge in [-0.1, -0.05) is 17.7 Å². The number of aryl methyl sites for hydroxylation is 1. The van der Waals surface area contributed by atoms with Gasteiger partial charge in [0.25, 0.3) is 0 Å². The van der Waals surface area contributed by atoms with Crippen molar-refractivity contribution < 1.29 is 9.53 Å². The second-order valence-corrected chi connectivity index (χ2v) is 6.81. The summed E-state index contributed by atoms with van der Waals surface area (Å²) in [7, 11) is 3.75. The maximum atomic E-state index is 12.3. The Hall–Kier alpha value is -2.34. The van der Waals surface area contributed by atoms with Crippen LogP contribution in [0.2, 0.25) is 0 Å². The minimum atomic E-state index is -0.0272. The standard InChI is InChI=1S/C19H26N4O2/c1-13-4-5-17(25-3)15(8-13)9-18(24)20-10-16-11-21-19(22-16)14-6-7-23(2)12-14/h4-5,8,11,14H,6-7,9-10,12H2,1-3H3,(H,20,24)(H,21,22). The van der Waals surface area contributed by atoms with Gasteiger partial charge in [-0.15, -0.1) is 0 Å². The second-order valence-electron chi connectivity index (χ2n) is 6.81. The van der Waals surface area contributed by atoms with Gasteiger partial charge in [-0.05, 0) is 33.0 Å². The molecule has 1 atom stereocenters. The average molecular weight is 342 g/mol. The first-order valence-corrected chi connectivity index (χ1v) is 8.67. The fourth-order valence-corrected chi connectivity index (χ4v) is 3.31. The fourth-order valence-electron chi connectivity index (χ4n) is 3.31. The number of carbonyl (C=O) groups excluding carboxylic acids is 1. The molecular weight excluding hydrogens is 316 g/mol. The van der Waals surface area contributed by atoms with E-state index in [0.29, 0.717) is 18.9 Å². The molecule has 2 aromatic rings. The monoisotopic (exact) mass is 342 g/mol. The Morgan fingerprint density at radius 2 is 2.32 bits per heavy atom. The van der Waals surface area contributed by atoms with Crippen molar-refractivity contribution in [1.82, 2.24) is 20.2 Å². The fraction of sp³-hybridized carbons (Fsp3) is 0.474. The Kier molecular flexibility index (Phi) is 5.38. The van der Waals surface area contributed by atoms with Crippen LogP contribution in [-0.4, -0.2) is 48.0 Å². The van der Waals surface area contributed by atoms with Gasteiger partial charge >= 0.3 is 0 Å². The first-order valence-electron chi connectivity index (χ1n) is 8.67. The van der Waals surface area contributed by atoms with E-state index < -0.39 is 0 Å². The quantitative estimate of drug-likeness (QED) is 0.842. The molecule has 3 rings (SSSR count). The highest BCUT2D eigenvalue weighted by Crippen LogP contribution is 2.23. The first-order chi connectivity index (χ1) is 12.0. The maximum Gasteiger partial charge on any atom is 0.224 e.